The predicted molar refractivity (Wildman–Crippen MR) is 216 cm³/mol. The molecule has 0 saturated heterocycles. The van der Waals surface area contributed by atoms with Gasteiger partial charge < -0.3 is 9.97 Å². The van der Waals surface area contributed by atoms with Crippen LogP contribution in [-0.2, 0) is 26.5 Å². The first-order valence-electron chi connectivity index (χ1n) is 17.2. The Morgan fingerprint density at radius 3 is 2.12 bits per heavy atom. The molecule has 257 valence electrons. The molecule has 0 aliphatic rings. The first-order chi connectivity index (χ1) is 23.4. The zero-order chi connectivity index (χ0) is 34.8. The van der Waals surface area contributed by atoms with Crippen LogP contribution >= 0.6 is 11.3 Å². The van der Waals surface area contributed by atoms with Crippen molar-refractivity contribution in [2.45, 2.75) is 66.6 Å². The number of hydrogen-bond donors (Lipinski definition) is 0. The van der Waals surface area contributed by atoms with E-state index in [0.29, 0.717) is 5.92 Å². The summed E-state index contributed by atoms with van der Waals surface area (Å²) in [4.78, 5) is 9.31. The second kappa shape index (κ2) is 15.7. The number of benzene rings is 4. The van der Waals surface area contributed by atoms with Crippen LogP contribution in [0, 0.1) is 17.5 Å². The van der Waals surface area contributed by atoms with Crippen LogP contribution < -0.4 is 5.19 Å². The third-order valence-corrected chi connectivity index (χ3v) is 11.9. The molecular weight excluding hydrogens is 821 g/mol. The van der Waals surface area contributed by atoms with Gasteiger partial charge in [-0.25, -0.2) is 0 Å². The van der Waals surface area contributed by atoms with Crippen molar-refractivity contribution in [3.8, 4) is 33.6 Å². The number of pyridine rings is 2. The summed E-state index contributed by atoms with van der Waals surface area (Å²) in [6.07, 6.45) is 5.11. The molecule has 5 heteroatoms. The summed E-state index contributed by atoms with van der Waals surface area (Å²) in [5, 5.41) is 4.07. The Hall–Kier alpha value is -3.73. The summed E-state index contributed by atoms with van der Waals surface area (Å²) in [6, 6.07) is 43.0. The van der Waals surface area contributed by atoms with E-state index in [1.807, 2.05) is 35.7 Å². The maximum absolute atomic E-state index is 4.71. The minimum Gasteiger partial charge on any atom is -0.305 e. The van der Waals surface area contributed by atoms with Gasteiger partial charge in [-0.2, -0.15) is 11.3 Å². The Morgan fingerprint density at radius 2 is 1.44 bits per heavy atom. The molecular formula is C45H46IrN2SSi-2. The maximum atomic E-state index is 4.71. The van der Waals surface area contributed by atoms with Gasteiger partial charge in [0.1, 0.15) is 0 Å². The minimum atomic E-state index is -1.37. The van der Waals surface area contributed by atoms with Crippen LogP contribution in [0.25, 0.3) is 53.8 Å². The average Bonchev–Trinajstić information content (AvgIpc) is 3.45. The number of rotatable bonds is 6. The summed E-state index contributed by atoms with van der Waals surface area (Å²) in [5.74, 6) is 0.487. The maximum Gasteiger partial charge on any atom is 0.0798 e. The van der Waals surface area contributed by atoms with E-state index in [9.17, 15) is 0 Å². The van der Waals surface area contributed by atoms with Gasteiger partial charge in [0.25, 0.3) is 0 Å². The van der Waals surface area contributed by atoms with Crippen molar-refractivity contribution in [1.29, 1.82) is 0 Å². The number of aromatic nitrogens is 2. The predicted octanol–water partition coefficient (Wildman–Crippen LogP) is 12.4. The van der Waals surface area contributed by atoms with Gasteiger partial charge >= 0.3 is 0 Å². The van der Waals surface area contributed by atoms with Crippen molar-refractivity contribution in [3.05, 3.63) is 139 Å². The van der Waals surface area contributed by atoms with E-state index in [2.05, 4.69) is 163 Å². The Balaban J connectivity index is 0.000000199. The van der Waals surface area contributed by atoms with E-state index in [1.165, 1.54) is 47.6 Å². The van der Waals surface area contributed by atoms with Crippen LogP contribution in [-0.4, -0.2) is 18.0 Å². The standard InChI is InChI=1S/C26H20NS.C19H26NSi.Ir/c1-17(2)19-12-13-27-24(16-19)21-9-11-26-23(15-21)22-14-20(8-10-25(22)28-26)18-6-4-3-5-7-18;1-19(2,3)13-16-12-17(15-10-8-7-9-11-15)20-14-18(16)21(4,5)6;/h3-8,10-17H,1-2H3;7-10,12,14H,13H2,1-6H3;/q2*-1;. The first-order valence-corrected chi connectivity index (χ1v) is 21.5. The Kier molecular flexibility index (Phi) is 11.7. The van der Waals surface area contributed by atoms with Crippen molar-refractivity contribution in [2.75, 3.05) is 0 Å². The normalized spacial score (nSPS) is 11.7. The van der Waals surface area contributed by atoms with Crippen LogP contribution in [0.4, 0.5) is 0 Å². The fourth-order valence-electron chi connectivity index (χ4n) is 6.22. The zero-order valence-corrected chi connectivity index (χ0v) is 34.6. The molecule has 3 aromatic heterocycles. The van der Waals surface area contributed by atoms with Gasteiger partial charge in [-0.05, 0) is 73.7 Å². The van der Waals surface area contributed by atoms with E-state index in [-0.39, 0.29) is 25.5 Å². The van der Waals surface area contributed by atoms with Crippen molar-refractivity contribution in [1.82, 2.24) is 9.97 Å². The van der Waals surface area contributed by atoms with Crippen LogP contribution in [0.2, 0.25) is 19.6 Å². The van der Waals surface area contributed by atoms with E-state index < -0.39 is 8.07 Å². The van der Waals surface area contributed by atoms with Crippen molar-refractivity contribution in [3.63, 3.8) is 0 Å². The molecule has 2 nitrogen and oxygen atoms in total. The van der Waals surface area contributed by atoms with Gasteiger partial charge in [-0.15, -0.1) is 59.7 Å². The Morgan fingerprint density at radius 1 is 0.720 bits per heavy atom. The third-order valence-electron chi connectivity index (χ3n) is 8.74. The molecule has 0 amide bonds. The van der Waals surface area contributed by atoms with Gasteiger partial charge in [0, 0.05) is 37.2 Å². The number of nitrogens with zero attached hydrogens (tertiary/aromatic N) is 2. The molecule has 7 aromatic rings. The van der Waals surface area contributed by atoms with Crippen molar-refractivity contribution < 1.29 is 20.1 Å². The van der Waals surface area contributed by atoms with E-state index >= 15 is 0 Å². The van der Waals surface area contributed by atoms with Gasteiger partial charge in [0.2, 0.25) is 0 Å². The van der Waals surface area contributed by atoms with E-state index in [0.717, 1.165) is 28.9 Å². The van der Waals surface area contributed by atoms with Gasteiger partial charge in [-0.1, -0.05) is 119 Å². The molecule has 0 N–H and O–H groups in total. The fourth-order valence-corrected chi connectivity index (χ4v) is 8.85. The van der Waals surface area contributed by atoms with Crippen LogP contribution in [0.1, 0.15) is 51.7 Å². The molecule has 1 radical (unpaired) electrons. The topological polar surface area (TPSA) is 25.8 Å². The van der Waals surface area contributed by atoms with Gasteiger partial charge in [0.05, 0.1) is 8.07 Å². The largest absolute Gasteiger partial charge is 0.305 e. The molecule has 0 atom stereocenters. The Labute approximate surface area is 317 Å². The fraction of sp³-hybridized carbons (Fsp3) is 0.244. The molecule has 0 saturated carbocycles. The molecule has 0 aliphatic carbocycles. The monoisotopic (exact) mass is 867 g/mol. The number of fused-ring (bicyclic) bond motifs is 3. The number of thiophene rings is 1. The smallest absolute Gasteiger partial charge is 0.0798 e. The molecule has 4 aromatic carbocycles. The zero-order valence-electron chi connectivity index (χ0n) is 30.4. The summed E-state index contributed by atoms with van der Waals surface area (Å²) < 4.78 is 2.58. The molecule has 0 bridgehead atoms. The van der Waals surface area contributed by atoms with Gasteiger partial charge in [0.15, 0.2) is 0 Å². The van der Waals surface area contributed by atoms with Crippen LogP contribution in [0.5, 0.6) is 0 Å². The summed E-state index contributed by atoms with van der Waals surface area (Å²) >= 11 is 1.83. The molecule has 0 fully saturated rings. The second-order valence-corrected chi connectivity index (χ2v) is 21.5. The van der Waals surface area contributed by atoms with E-state index in [4.69, 9.17) is 4.98 Å². The summed E-state index contributed by atoms with van der Waals surface area (Å²) in [5.41, 5.74) is 9.72. The third kappa shape index (κ3) is 8.94. The quantitative estimate of drug-likeness (QED) is 0.123. The van der Waals surface area contributed by atoms with Gasteiger partial charge in [-0.3, -0.25) is 0 Å². The Bertz CT molecular complexity index is 2190. The van der Waals surface area contributed by atoms with Crippen LogP contribution in [0.15, 0.2) is 116 Å². The number of hydrogen-bond acceptors (Lipinski definition) is 3. The second-order valence-electron chi connectivity index (χ2n) is 15.4. The van der Waals surface area contributed by atoms with Crippen LogP contribution in [0.3, 0.4) is 0 Å². The van der Waals surface area contributed by atoms with Crippen molar-refractivity contribution in [2.24, 2.45) is 5.41 Å². The SMILES string of the molecule is CC(C)(C)Cc1cc(-c2[c-]cccc2)ncc1[Si](C)(C)C.CC(C)c1ccnc(-c2[c-]cc3sc4ccc(-c5ccccc5)cc4c3c2)c1.[Ir]. The molecule has 0 aliphatic heterocycles. The molecule has 0 spiro atoms. The minimum absolute atomic E-state index is 0. The summed E-state index contributed by atoms with van der Waals surface area (Å²) in [6.45, 7) is 18.5. The first kappa shape index (κ1) is 37.5. The molecule has 7 rings (SSSR count). The molecule has 3 heterocycles. The molecule has 50 heavy (non-hydrogen) atoms. The summed E-state index contributed by atoms with van der Waals surface area (Å²) in [7, 11) is -1.37. The van der Waals surface area contributed by atoms with E-state index in [1.54, 1.807) is 0 Å². The molecule has 0 unspecified atom stereocenters. The van der Waals surface area contributed by atoms with Crippen molar-refractivity contribution >= 4 is 44.8 Å². The average molecular weight is 867 g/mol.